The molecular formula is C18H18O4. The van der Waals surface area contributed by atoms with E-state index in [-0.39, 0.29) is 13.2 Å². The Morgan fingerprint density at radius 1 is 0.955 bits per heavy atom. The molecule has 0 N–H and O–H groups in total. The van der Waals surface area contributed by atoms with Crippen molar-refractivity contribution in [1.82, 2.24) is 0 Å². The molecule has 22 heavy (non-hydrogen) atoms. The number of esters is 1. The smallest absolute Gasteiger partial charge is 0.343 e. The average molecular weight is 298 g/mol. The van der Waals surface area contributed by atoms with Crippen LogP contribution >= 0.6 is 0 Å². The minimum Gasteiger partial charge on any atom is -0.464 e. The molecule has 0 spiro atoms. The van der Waals surface area contributed by atoms with E-state index in [0.717, 1.165) is 5.56 Å². The van der Waals surface area contributed by atoms with Gasteiger partial charge in [-0.2, -0.15) is 0 Å². The molecule has 0 aromatic heterocycles. The maximum Gasteiger partial charge on any atom is 0.343 e. The summed E-state index contributed by atoms with van der Waals surface area (Å²) in [5.41, 5.74) is 1.31. The van der Waals surface area contributed by atoms with Crippen LogP contribution in [0.3, 0.4) is 0 Å². The third kappa shape index (κ3) is 4.27. The number of benzene rings is 2. The van der Waals surface area contributed by atoms with Crippen LogP contribution < -0.4 is 0 Å². The number of ether oxygens (including phenoxy) is 2. The Morgan fingerprint density at radius 2 is 1.55 bits per heavy atom. The number of carbonyl (C=O) groups is 2. The number of hydrogen-bond acceptors (Lipinski definition) is 4. The molecule has 0 aliphatic heterocycles. The lowest BCUT2D eigenvalue weighted by Gasteiger charge is -2.15. The molecule has 0 radical (unpaired) electrons. The monoisotopic (exact) mass is 298 g/mol. The first-order valence-electron chi connectivity index (χ1n) is 7.13. The van der Waals surface area contributed by atoms with E-state index in [0.29, 0.717) is 5.56 Å². The van der Waals surface area contributed by atoms with E-state index in [1.165, 1.54) is 0 Å². The van der Waals surface area contributed by atoms with Crippen molar-refractivity contribution in [2.24, 2.45) is 0 Å². The van der Waals surface area contributed by atoms with Crippen molar-refractivity contribution in [1.29, 1.82) is 0 Å². The second kappa shape index (κ2) is 8.10. The average Bonchev–Trinajstić information content (AvgIpc) is 2.57. The van der Waals surface area contributed by atoms with Crippen molar-refractivity contribution in [3.8, 4) is 0 Å². The Labute approximate surface area is 129 Å². The molecule has 0 aliphatic carbocycles. The molecule has 2 rings (SSSR count). The zero-order valence-electron chi connectivity index (χ0n) is 12.4. The molecule has 0 fully saturated rings. The van der Waals surface area contributed by atoms with E-state index in [1.54, 1.807) is 37.3 Å². The van der Waals surface area contributed by atoms with Crippen molar-refractivity contribution in [2.45, 2.75) is 19.6 Å². The second-order valence-corrected chi connectivity index (χ2v) is 4.66. The van der Waals surface area contributed by atoms with Crippen LogP contribution in [-0.2, 0) is 20.9 Å². The molecule has 4 nitrogen and oxygen atoms in total. The number of rotatable bonds is 7. The molecule has 1 atom stereocenters. The van der Waals surface area contributed by atoms with Crippen LogP contribution in [0, 0.1) is 0 Å². The summed E-state index contributed by atoms with van der Waals surface area (Å²) in [6, 6.07) is 18.0. The fraction of sp³-hybridized carbons (Fsp3) is 0.222. The molecule has 0 saturated heterocycles. The van der Waals surface area contributed by atoms with Gasteiger partial charge in [0.25, 0.3) is 0 Å². The van der Waals surface area contributed by atoms with E-state index in [9.17, 15) is 9.59 Å². The maximum absolute atomic E-state index is 12.5. The summed E-state index contributed by atoms with van der Waals surface area (Å²) >= 11 is 0. The van der Waals surface area contributed by atoms with Crippen molar-refractivity contribution >= 4 is 11.8 Å². The molecule has 0 aliphatic rings. The molecule has 2 aromatic rings. The summed E-state index contributed by atoms with van der Waals surface area (Å²) in [5, 5.41) is 0. The van der Waals surface area contributed by atoms with Crippen molar-refractivity contribution in [3.63, 3.8) is 0 Å². The van der Waals surface area contributed by atoms with Gasteiger partial charge in [0.2, 0.25) is 11.9 Å². The Hall–Kier alpha value is -2.46. The van der Waals surface area contributed by atoms with Gasteiger partial charge in [-0.1, -0.05) is 60.7 Å². The van der Waals surface area contributed by atoms with E-state index < -0.39 is 17.9 Å². The zero-order valence-corrected chi connectivity index (χ0v) is 12.4. The second-order valence-electron chi connectivity index (χ2n) is 4.66. The molecule has 2 aromatic carbocycles. The first-order chi connectivity index (χ1) is 10.7. The summed E-state index contributed by atoms with van der Waals surface area (Å²) in [5.74, 6) is -1.05. The predicted octanol–water partition coefficient (Wildman–Crippen LogP) is 3.02. The van der Waals surface area contributed by atoms with Gasteiger partial charge in [-0.15, -0.1) is 0 Å². The molecule has 0 amide bonds. The van der Waals surface area contributed by atoms with E-state index in [1.807, 2.05) is 30.3 Å². The number of carbonyl (C=O) groups excluding carboxylic acids is 2. The van der Waals surface area contributed by atoms with Gasteiger partial charge in [0.05, 0.1) is 13.2 Å². The highest BCUT2D eigenvalue weighted by Crippen LogP contribution is 2.11. The number of Topliss-reactive ketones (excluding diaryl/α,β-unsaturated/α-hetero) is 1. The maximum atomic E-state index is 12.5. The van der Waals surface area contributed by atoms with E-state index >= 15 is 0 Å². The summed E-state index contributed by atoms with van der Waals surface area (Å²) < 4.78 is 10.5. The molecule has 0 saturated carbocycles. The first kappa shape index (κ1) is 15.9. The van der Waals surface area contributed by atoms with Crippen LogP contribution in [0.1, 0.15) is 22.8 Å². The topological polar surface area (TPSA) is 52.6 Å². The lowest BCUT2D eigenvalue weighted by Crippen LogP contribution is -2.34. The van der Waals surface area contributed by atoms with Crippen LogP contribution in [0.4, 0.5) is 0 Å². The molecule has 114 valence electrons. The summed E-state index contributed by atoms with van der Waals surface area (Å²) in [6.45, 7) is 2.06. The Balaban J connectivity index is 2.12. The quantitative estimate of drug-likeness (QED) is 0.448. The van der Waals surface area contributed by atoms with Gasteiger partial charge >= 0.3 is 5.97 Å². The minimum absolute atomic E-state index is 0.170. The van der Waals surface area contributed by atoms with Crippen molar-refractivity contribution < 1.29 is 19.1 Å². The lowest BCUT2D eigenvalue weighted by atomic mass is 10.1. The van der Waals surface area contributed by atoms with Gasteiger partial charge < -0.3 is 9.47 Å². The predicted molar refractivity (Wildman–Crippen MR) is 82.4 cm³/mol. The third-order valence-electron chi connectivity index (χ3n) is 3.06. The Kier molecular flexibility index (Phi) is 5.86. The summed E-state index contributed by atoms with van der Waals surface area (Å²) in [4.78, 5) is 24.5. The largest absolute Gasteiger partial charge is 0.464 e. The third-order valence-corrected chi connectivity index (χ3v) is 3.06. The molecule has 1 unspecified atom stereocenters. The van der Waals surface area contributed by atoms with Crippen molar-refractivity contribution in [2.75, 3.05) is 6.61 Å². The van der Waals surface area contributed by atoms with Crippen LogP contribution in [0.2, 0.25) is 0 Å². The highest BCUT2D eigenvalue weighted by molar-refractivity contribution is 6.11. The Bertz CT molecular complexity index is 607. The molecule has 0 heterocycles. The van der Waals surface area contributed by atoms with Gasteiger partial charge in [0.15, 0.2) is 0 Å². The fourth-order valence-corrected chi connectivity index (χ4v) is 1.98. The van der Waals surface area contributed by atoms with Gasteiger partial charge in [0.1, 0.15) is 0 Å². The standard InChI is InChI=1S/C18H18O4/c1-2-21-18(20)17(16(19)15-11-7-4-8-12-15)22-13-14-9-5-3-6-10-14/h3-12,17H,2,13H2,1H3. The van der Waals surface area contributed by atoms with Gasteiger partial charge in [0, 0.05) is 5.56 Å². The van der Waals surface area contributed by atoms with Crippen LogP contribution in [0.15, 0.2) is 60.7 Å². The van der Waals surface area contributed by atoms with Gasteiger partial charge in [-0.25, -0.2) is 4.79 Å². The molecule has 0 bridgehead atoms. The normalized spacial score (nSPS) is 11.7. The highest BCUT2D eigenvalue weighted by Gasteiger charge is 2.29. The summed E-state index contributed by atoms with van der Waals surface area (Å²) in [6.07, 6.45) is -1.25. The van der Waals surface area contributed by atoms with E-state index in [2.05, 4.69) is 0 Å². The molecular weight excluding hydrogens is 280 g/mol. The number of hydrogen-bond donors (Lipinski definition) is 0. The Morgan fingerprint density at radius 3 is 2.14 bits per heavy atom. The minimum atomic E-state index is -1.25. The fourth-order valence-electron chi connectivity index (χ4n) is 1.98. The van der Waals surface area contributed by atoms with Gasteiger partial charge in [-0.3, -0.25) is 4.79 Å². The first-order valence-corrected chi connectivity index (χ1v) is 7.13. The SMILES string of the molecule is CCOC(=O)C(OCc1ccccc1)C(=O)c1ccccc1. The molecule has 4 heteroatoms. The highest BCUT2D eigenvalue weighted by atomic mass is 16.6. The van der Waals surface area contributed by atoms with Crippen molar-refractivity contribution in [3.05, 3.63) is 71.8 Å². The van der Waals surface area contributed by atoms with E-state index in [4.69, 9.17) is 9.47 Å². The van der Waals surface area contributed by atoms with Crippen LogP contribution in [-0.4, -0.2) is 24.5 Å². The van der Waals surface area contributed by atoms with Crippen LogP contribution in [0.5, 0.6) is 0 Å². The summed E-state index contributed by atoms with van der Waals surface area (Å²) in [7, 11) is 0. The van der Waals surface area contributed by atoms with Crippen LogP contribution in [0.25, 0.3) is 0 Å². The van der Waals surface area contributed by atoms with Gasteiger partial charge in [-0.05, 0) is 12.5 Å². The number of ketones is 1. The lowest BCUT2D eigenvalue weighted by molar-refractivity contribution is -0.153. The zero-order chi connectivity index (χ0) is 15.8.